The standard InChI is InChI=1S/C10H10O2.Ce/c1-8(11)7-10(12)9-5-3-2-4-6-9;/h2-7,11H,1H3;/q;+4/b8-7-;. The Balaban J connectivity index is 0.00000144. The first-order valence-corrected chi connectivity index (χ1v) is 3.67. The van der Waals surface area contributed by atoms with Gasteiger partial charge < -0.3 is 5.11 Å². The van der Waals surface area contributed by atoms with Gasteiger partial charge in [0.05, 0.1) is 5.76 Å². The number of aliphatic hydroxyl groups is 1. The minimum atomic E-state index is -0.171. The van der Waals surface area contributed by atoms with Crippen LogP contribution in [0.25, 0.3) is 0 Å². The summed E-state index contributed by atoms with van der Waals surface area (Å²) in [6.45, 7) is 1.47. The molecule has 62 valence electrons. The Hall–Kier alpha value is -0.193. The van der Waals surface area contributed by atoms with Gasteiger partial charge in [-0.2, -0.15) is 0 Å². The third-order valence-electron chi connectivity index (χ3n) is 1.40. The zero-order chi connectivity index (χ0) is 8.97. The van der Waals surface area contributed by atoms with Crippen molar-refractivity contribution in [2.75, 3.05) is 0 Å². The van der Waals surface area contributed by atoms with Crippen molar-refractivity contribution in [1.29, 1.82) is 0 Å². The largest absolute Gasteiger partial charge is 4.00 e. The van der Waals surface area contributed by atoms with E-state index in [1.807, 2.05) is 6.07 Å². The Bertz CT molecular complexity index is 300. The summed E-state index contributed by atoms with van der Waals surface area (Å²) in [4.78, 5) is 11.2. The zero-order valence-electron chi connectivity index (χ0n) is 7.32. The predicted molar refractivity (Wildman–Crippen MR) is 47.2 cm³/mol. The summed E-state index contributed by atoms with van der Waals surface area (Å²) in [5, 5.41) is 8.82. The molecule has 0 saturated carbocycles. The summed E-state index contributed by atoms with van der Waals surface area (Å²) in [7, 11) is 0. The van der Waals surface area contributed by atoms with Gasteiger partial charge in [-0.05, 0) is 6.92 Å². The molecule has 1 aromatic carbocycles. The van der Waals surface area contributed by atoms with Crippen molar-refractivity contribution in [3.05, 3.63) is 47.7 Å². The van der Waals surface area contributed by atoms with Gasteiger partial charge >= 0.3 is 41.7 Å². The molecular weight excluding hydrogens is 292 g/mol. The van der Waals surface area contributed by atoms with Gasteiger partial charge in [-0.15, -0.1) is 0 Å². The molecule has 2 nitrogen and oxygen atoms in total. The van der Waals surface area contributed by atoms with Gasteiger partial charge in [0.25, 0.3) is 0 Å². The van der Waals surface area contributed by atoms with E-state index in [1.54, 1.807) is 24.3 Å². The Labute approximate surface area is 111 Å². The second kappa shape index (κ2) is 6.29. The topological polar surface area (TPSA) is 37.3 Å². The van der Waals surface area contributed by atoms with Crippen LogP contribution < -0.4 is 0 Å². The van der Waals surface area contributed by atoms with Crippen LogP contribution in [0.5, 0.6) is 0 Å². The van der Waals surface area contributed by atoms with Crippen LogP contribution in [-0.2, 0) is 0 Å². The van der Waals surface area contributed by atoms with Crippen molar-refractivity contribution < 1.29 is 51.6 Å². The molecule has 0 radical (unpaired) electrons. The van der Waals surface area contributed by atoms with Crippen LogP contribution in [0, 0.1) is 41.7 Å². The van der Waals surface area contributed by atoms with Crippen LogP contribution in [-0.4, -0.2) is 10.9 Å². The molecule has 0 amide bonds. The summed E-state index contributed by atoms with van der Waals surface area (Å²) in [6, 6.07) is 8.83. The van der Waals surface area contributed by atoms with Gasteiger partial charge in [0.2, 0.25) is 0 Å². The molecular formula is C10H10CeO2+4. The molecule has 0 heterocycles. The first-order valence-electron chi connectivity index (χ1n) is 3.67. The molecule has 0 aliphatic rings. The number of hydrogen-bond acceptors (Lipinski definition) is 2. The van der Waals surface area contributed by atoms with E-state index in [-0.39, 0.29) is 53.3 Å². The molecule has 0 spiro atoms. The Morgan fingerprint density at radius 1 is 1.31 bits per heavy atom. The normalized spacial score (nSPS) is 10.4. The first-order chi connectivity index (χ1) is 5.70. The monoisotopic (exact) mass is 302 g/mol. The fourth-order valence-electron chi connectivity index (χ4n) is 0.875. The molecule has 0 aliphatic heterocycles. The SMILES string of the molecule is C/C(O)=C/C(=O)c1ccccc1.[Ce+4]. The van der Waals surface area contributed by atoms with Crippen LogP contribution in [0.1, 0.15) is 17.3 Å². The van der Waals surface area contributed by atoms with Gasteiger partial charge in [-0.25, -0.2) is 0 Å². The van der Waals surface area contributed by atoms with Crippen molar-refractivity contribution in [2.24, 2.45) is 0 Å². The summed E-state index contributed by atoms with van der Waals surface area (Å²) < 4.78 is 0. The number of hydrogen-bond donors (Lipinski definition) is 1. The van der Waals surface area contributed by atoms with Crippen LogP contribution in [0.3, 0.4) is 0 Å². The molecule has 0 bridgehead atoms. The van der Waals surface area contributed by atoms with Crippen molar-refractivity contribution in [3.63, 3.8) is 0 Å². The van der Waals surface area contributed by atoms with Gasteiger partial charge in [0, 0.05) is 11.6 Å². The van der Waals surface area contributed by atoms with Crippen molar-refractivity contribution in [3.8, 4) is 0 Å². The van der Waals surface area contributed by atoms with Crippen LogP contribution in [0.2, 0.25) is 0 Å². The van der Waals surface area contributed by atoms with Crippen molar-refractivity contribution in [1.82, 2.24) is 0 Å². The molecule has 0 unspecified atom stereocenters. The number of rotatable bonds is 2. The molecule has 0 aliphatic carbocycles. The summed E-state index contributed by atoms with van der Waals surface area (Å²) in [5.74, 6) is -0.139. The summed E-state index contributed by atoms with van der Waals surface area (Å²) >= 11 is 0. The summed E-state index contributed by atoms with van der Waals surface area (Å²) in [6.07, 6.45) is 1.20. The van der Waals surface area contributed by atoms with Crippen molar-refractivity contribution in [2.45, 2.75) is 6.92 Å². The molecule has 1 rings (SSSR count). The number of benzene rings is 1. The fraction of sp³-hybridized carbons (Fsp3) is 0.100. The third kappa shape index (κ3) is 4.54. The van der Waals surface area contributed by atoms with E-state index in [2.05, 4.69) is 0 Å². The maximum absolute atomic E-state index is 11.2. The summed E-state index contributed by atoms with van der Waals surface area (Å²) in [5.41, 5.74) is 0.589. The van der Waals surface area contributed by atoms with E-state index in [0.717, 1.165) is 0 Å². The van der Waals surface area contributed by atoms with Gasteiger partial charge in [-0.3, -0.25) is 4.79 Å². The average molecular weight is 302 g/mol. The van der Waals surface area contributed by atoms with Crippen LogP contribution >= 0.6 is 0 Å². The Morgan fingerprint density at radius 2 is 1.85 bits per heavy atom. The predicted octanol–water partition coefficient (Wildman–Crippen LogP) is 2.33. The van der Waals surface area contributed by atoms with Gasteiger partial charge in [0.1, 0.15) is 0 Å². The number of carbonyl (C=O) groups excluding carboxylic acids is 1. The van der Waals surface area contributed by atoms with E-state index in [1.165, 1.54) is 13.0 Å². The maximum Gasteiger partial charge on any atom is 4.00 e. The number of allylic oxidation sites excluding steroid dienone is 2. The quantitative estimate of drug-likeness (QED) is 0.517. The maximum atomic E-state index is 11.2. The molecule has 0 fully saturated rings. The minimum absolute atomic E-state index is 0. The van der Waals surface area contributed by atoms with Crippen molar-refractivity contribution >= 4 is 5.78 Å². The third-order valence-corrected chi connectivity index (χ3v) is 1.40. The second-order valence-corrected chi connectivity index (χ2v) is 2.52. The van der Waals surface area contributed by atoms with E-state index < -0.39 is 0 Å². The molecule has 0 saturated heterocycles. The minimum Gasteiger partial charge on any atom is -0.512 e. The van der Waals surface area contributed by atoms with E-state index >= 15 is 0 Å². The van der Waals surface area contributed by atoms with E-state index in [9.17, 15) is 4.79 Å². The van der Waals surface area contributed by atoms with Crippen LogP contribution in [0.15, 0.2) is 42.2 Å². The smallest absolute Gasteiger partial charge is 0.512 e. The molecule has 1 aromatic rings. The number of aliphatic hydroxyl groups excluding tert-OH is 1. The van der Waals surface area contributed by atoms with E-state index in [4.69, 9.17) is 5.11 Å². The molecule has 1 N–H and O–H groups in total. The average Bonchev–Trinajstić information content (AvgIpc) is 2.05. The Morgan fingerprint density at radius 3 is 2.31 bits per heavy atom. The van der Waals surface area contributed by atoms with Gasteiger partial charge in [0.15, 0.2) is 5.78 Å². The molecule has 0 atom stereocenters. The Kier molecular flexibility index (Phi) is 6.20. The molecule has 0 aromatic heterocycles. The molecule has 13 heavy (non-hydrogen) atoms. The number of carbonyl (C=O) groups is 1. The number of ketones is 1. The zero-order valence-corrected chi connectivity index (χ0v) is 10.5. The molecule has 3 heteroatoms. The van der Waals surface area contributed by atoms with Crippen LogP contribution in [0.4, 0.5) is 0 Å². The first kappa shape index (κ1) is 12.8. The second-order valence-electron chi connectivity index (χ2n) is 2.52. The van der Waals surface area contributed by atoms with E-state index in [0.29, 0.717) is 5.56 Å². The fourth-order valence-corrected chi connectivity index (χ4v) is 0.875. The van der Waals surface area contributed by atoms with Gasteiger partial charge in [-0.1, -0.05) is 30.3 Å².